The van der Waals surface area contributed by atoms with Gasteiger partial charge in [-0.2, -0.15) is 4.98 Å². The Morgan fingerprint density at radius 1 is 1.40 bits per heavy atom. The highest BCUT2D eigenvalue weighted by molar-refractivity contribution is 7.20. The number of nitrogens with one attached hydrogen (secondary N) is 1. The summed E-state index contributed by atoms with van der Waals surface area (Å²) in [6.07, 6.45) is 0.644. The summed E-state index contributed by atoms with van der Waals surface area (Å²) in [6, 6.07) is 1.71. The summed E-state index contributed by atoms with van der Waals surface area (Å²) in [7, 11) is 0. The normalized spacial score (nSPS) is 12.0. The van der Waals surface area contributed by atoms with Crippen LogP contribution >= 0.6 is 11.3 Å². The molecule has 2 heterocycles. The molecule has 0 unspecified atom stereocenters. The highest BCUT2D eigenvalue weighted by atomic mass is 32.1. The number of hydrogen-bond donors (Lipinski definition) is 4. The first-order valence-corrected chi connectivity index (χ1v) is 8.67. The number of nitrogen functional groups attached to an aromatic ring is 1. The number of rotatable bonds is 7. The van der Waals surface area contributed by atoms with E-state index in [2.05, 4.69) is 15.3 Å². The van der Waals surface area contributed by atoms with Crippen LogP contribution in [-0.4, -0.2) is 34.8 Å². The van der Waals surface area contributed by atoms with Crippen molar-refractivity contribution in [1.29, 1.82) is 0 Å². The molecule has 0 radical (unpaired) electrons. The molecule has 0 aliphatic carbocycles. The molecule has 25 heavy (non-hydrogen) atoms. The van der Waals surface area contributed by atoms with Crippen LogP contribution in [0, 0.1) is 0 Å². The van der Waals surface area contributed by atoms with Gasteiger partial charge in [0.05, 0.1) is 12.0 Å². The molecule has 0 amide bonds. The fraction of sp³-hybridized carbons (Fsp3) is 0.375. The molecule has 0 fully saturated rings. The number of nitrogens with two attached hydrogens (primary N) is 3. The fourth-order valence-corrected chi connectivity index (χ4v) is 3.32. The van der Waals surface area contributed by atoms with E-state index in [1.165, 1.54) is 11.3 Å². The fourth-order valence-electron chi connectivity index (χ4n) is 2.39. The molecule has 2 aromatic heterocycles. The second-order valence-electron chi connectivity index (χ2n) is 5.50. The van der Waals surface area contributed by atoms with Crippen LogP contribution < -0.4 is 22.2 Å². The van der Waals surface area contributed by atoms with Crippen LogP contribution in [0.15, 0.2) is 17.3 Å². The minimum Gasteiger partial charge on any atom is -0.462 e. The van der Waals surface area contributed by atoms with Crippen molar-refractivity contribution in [3.63, 3.8) is 0 Å². The molecule has 8 nitrogen and oxygen atoms in total. The van der Waals surface area contributed by atoms with Crippen molar-refractivity contribution >= 4 is 45.0 Å². The Hall–Kier alpha value is -2.68. The summed E-state index contributed by atoms with van der Waals surface area (Å²) in [5, 5.41) is 9.80. The number of thiophene rings is 1. The molecule has 0 aliphatic rings. The first-order chi connectivity index (χ1) is 11.8. The Bertz CT molecular complexity index is 839. The largest absolute Gasteiger partial charge is 0.462 e. The van der Waals surface area contributed by atoms with Crippen LogP contribution in [0.4, 0.5) is 11.8 Å². The van der Waals surface area contributed by atoms with Gasteiger partial charge in [0.15, 0.2) is 5.71 Å². The minimum absolute atomic E-state index is 0.139. The van der Waals surface area contributed by atoms with Crippen LogP contribution in [0.5, 0.6) is 0 Å². The zero-order valence-corrected chi connectivity index (χ0v) is 15.4. The number of ether oxygens (including phenoxy) is 1. The quantitative estimate of drug-likeness (QED) is 0.419. The number of nitrogens with zero attached hydrogens (tertiary/aromatic N) is 2. The van der Waals surface area contributed by atoms with E-state index in [4.69, 9.17) is 21.6 Å². The first-order valence-electron chi connectivity index (χ1n) is 7.86. The second kappa shape index (κ2) is 7.93. The number of fused-ring (bicyclic) bond motifs is 1. The van der Waals surface area contributed by atoms with Gasteiger partial charge in [0.1, 0.15) is 15.5 Å². The van der Waals surface area contributed by atoms with Gasteiger partial charge in [-0.1, -0.05) is 0 Å². The SMILES string of the molecule is CCOC(=O)c1cc2c(NCCC(C(C)=[NH2+])=C(C)N)nc(N)nc2s1. The Balaban J connectivity index is 2.24. The van der Waals surface area contributed by atoms with E-state index in [-0.39, 0.29) is 11.9 Å². The van der Waals surface area contributed by atoms with Crippen LogP contribution in [0.2, 0.25) is 0 Å². The van der Waals surface area contributed by atoms with Crippen LogP contribution in [0.1, 0.15) is 36.9 Å². The van der Waals surface area contributed by atoms with Crippen LogP contribution in [0.25, 0.3) is 10.2 Å². The van der Waals surface area contributed by atoms with Crippen molar-refractivity contribution in [2.75, 3.05) is 24.2 Å². The molecular formula is C16H23N6O2S+. The van der Waals surface area contributed by atoms with Crippen LogP contribution in [-0.2, 0) is 4.74 Å². The van der Waals surface area contributed by atoms with Gasteiger partial charge in [-0.3, -0.25) is 5.41 Å². The Morgan fingerprint density at radius 3 is 2.72 bits per heavy atom. The van der Waals surface area contributed by atoms with Gasteiger partial charge in [-0.15, -0.1) is 11.3 Å². The van der Waals surface area contributed by atoms with Crippen molar-refractivity contribution < 1.29 is 14.9 Å². The predicted molar refractivity (Wildman–Crippen MR) is 100 cm³/mol. The molecule has 0 spiro atoms. The zero-order chi connectivity index (χ0) is 18.6. The van der Waals surface area contributed by atoms with Gasteiger partial charge in [0.2, 0.25) is 5.95 Å². The summed E-state index contributed by atoms with van der Waals surface area (Å²) >= 11 is 1.22. The lowest BCUT2D eigenvalue weighted by atomic mass is 10.1. The monoisotopic (exact) mass is 363 g/mol. The number of aromatic nitrogens is 2. The van der Waals surface area contributed by atoms with Gasteiger partial charge < -0.3 is 21.5 Å². The average molecular weight is 363 g/mol. The van der Waals surface area contributed by atoms with Gasteiger partial charge >= 0.3 is 5.97 Å². The Labute approximate surface area is 149 Å². The van der Waals surface area contributed by atoms with E-state index >= 15 is 0 Å². The number of allylic oxidation sites excluding steroid dienone is 1. The number of carbonyl (C=O) groups excluding carboxylic acids is 1. The van der Waals surface area contributed by atoms with E-state index in [0.29, 0.717) is 46.5 Å². The molecule has 0 saturated heterocycles. The molecule has 7 N–H and O–H groups in total. The standard InChI is InChI=1S/C16H22N6O2S/c1-4-24-15(23)12-7-11-13(21-16(19)22-14(11)25-12)20-6-5-10(8(2)17)9(3)18/h7,17H,4-6,18H2,1-3H3,(H3,19,20,21,22)/p+1. The first kappa shape index (κ1) is 18.7. The lowest BCUT2D eigenvalue weighted by Crippen LogP contribution is -2.39. The number of anilines is 2. The molecule has 2 aromatic rings. The molecule has 2 rings (SSSR count). The summed E-state index contributed by atoms with van der Waals surface area (Å²) in [6.45, 7) is 6.27. The van der Waals surface area contributed by atoms with E-state index in [9.17, 15) is 4.79 Å². The molecule has 9 heteroatoms. The number of carbonyl (C=O) groups is 1. The maximum atomic E-state index is 11.9. The van der Waals surface area contributed by atoms with Crippen molar-refractivity contribution in [1.82, 2.24) is 9.97 Å². The molecule has 134 valence electrons. The molecule has 0 aliphatic heterocycles. The summed E-state index contributed by atoms with van der Waals surface area (Å²) in [5.41, 5.74) is 13.9. The van der Waals surface area contributed by atoms with Gasteiger partial charge in [0.25, 0.3) is 0 Å². The highest BCUT2D eigenvalue weighted by Gasteiger charge is 2.16. The van der Waals surface area contributed by atoms with Gasteiger partial charge in [-0.25, -0.2) is 9.78 Å². The molecule has 0 saturated carbocycles. The Morgan fingerprint density at radius 2 is 2.12 bits per heavy atom. The summed E-state index contributed by atoms with van der Waals surface area (Å²) in [4.78, 5) is 21.4. The smallest absolute Gasteiger partial charge is 0.348 e. The van der Waals surface area contributed by atoms with Crippen molar-refractivity contribution in [2.45, 2.75) is 27.2 Å². The van der Waals surface area contributed by atoms with E-state index in [0.717, 1.165) is 11.0 Å². The molecule has 0 atom stereocenters. The lowest BCUT2D eigenvalue weighted by Gasteiger charge is -2.09. The highest BCUT2D eigenvalue weighted by Crippen LogP contribution is 2.30. The summed E-state index contributed by atoms with van der Waals surface area (Å²) < 4.78 is 5.03. The van der Waals surface area contributed by atoms with Crippen molar-refractivity contribution in [2.24, 2.45) is 5.73 Å². The second-order valence-corrected chi connectivity index (χ2v) is 6.53. The number of esters is 1. The van der Waals surface area contributed by atoms with E-state index in [1.54, 1.807) is 13.0 Å². The molecule has 0 aromatic carbocycles. The van der Waals surface area contributed by atoms with E-state index in [1.807, 2.05) is 13.8 Å². The maximum Gasteiger partial charge on any atom is 0.348 e. The molecule has 0 bridgehead atoms. The topological polar surface area (TPSA) is 142 Å². The summed E-state index contributed by atoms with van der Waals surface area (Å²) in [5.74, 6) is 0.324. The third kappa shape index (κ3) is 4.44. The minimum atomic E-state index is -0.382. The van der Waals surface area contributed by atoms with Crippen molar-refractivity contribution in [3.8, 4) is 0 Å². The molecular weight excluding hydrogens is 340 g/mol. The third-order valence-electron chi connectivity index (χ3n) is 3.51. The third-order valence-corrected chi connectivity index (χ3v) is 4.52. The predicted octanol–water partition coefficient (Wildman–Crippen LogP) is 0.705. The van der Waals surface area contributed by atoms with Crippen molar-refractivity contribution in [3.05, 3.63) is 22.2 Å². The zero-order valence-electron chi connectivity index (χ0n) is 14.5. The van der Waals surface area contributed by atoms with Crippen LogP contribution in [0.3, 0.4) is 0 Å². The lowest BCUT2D eigenvalue weighted by molar-refractivity contribution is -0.113. The number of hydrogen-bond acceptors (Lipinski definition) is 8. The maximum absolute atomic E-state index is 11.9. The van der Waals surface area contributed by atoms with Gasteiger partial charge in [0, 0.05) is 24.7 Å². The average Bonchev–Trinajstić information content (AvgIpc) is 2.94. The van der Waals surface area contributed by atoms with E-state index < -0.39 is 0 Å². The van der Waals surface area contributed by atoms with Gasteiger partial charge in [-0.05, 0) is 26.3 Å². The Kier molecular flexibility index (Phi) is 5.92.